The summed E-state index contributed by atoms with van der Waals surface area (Å²) < 4.78 is 2.81. The summed E-state index contributed by atoms with van der Waals surface area (Å²) in [6.45, 7) is 2.77. The van der Waals surface area contributed by atoms with Crippen LogP contribution in [0.4, 0.5) is 4.79 Å². The van der Waals surface area contributed by atoms with Crippen LogP contribution in [0.3, 0.4) is 0 Å². The number of halogens is 4. The fourth-order valence-corrected chi connectivity index (χ4v) is 5.40. The minimum atomic E-state index is -0.149. The van der Waals surface area contributed by atoms with Crippen LogP contribution in [0.2, 0.25) is 15.2 Å². The molecule has 2 aromatic heterocycles. The van der Waals surface area contributed by atoms with Crippen molar-refractivity contribution in [2.75, 3.05) is 13.1 Å². The van der Waals surface area contributed by atoms with E-state index in [0.717, 1.165) is 58.3 Å². The number of hydrogen-bond donors (Lipinski definition) is 1. The van der Waals surface area contributed by atoms with Crippen LogP contribution >= 0.6 is 50.7 Å². The maximum atomic E-state index is 13.3. The van der Waals surface area contributed by atoms with Gasteiger partial charge in [-0.3, -0.25) is 9.47 Å². The summed E-state index contributed by atoms with van der Waals surface area (Å²) in [5.41, 5.74) is 5.05. The van der Waals surface area contributed by atoms with Crippen molar-refractivity contribution in [2.45, 2.75) is 19.5 Å². The second-order valence-corrected chi connectivity index (χ2v) is 10.7. The van der Waals surface area contributed by atoms with Crippen molar-refractivity contribution < 1.29 is 4.79 Å². The molecular formula is C27H22BrCl3N4O. The molecule has 0 bridgehead atoms. The lowest BCUT2D eigenvalue weighted by Crippen LogP contribution is -2.34. The van der Waals surface area contributed by atoms with Gasteiger partial charge in [-0.25, -0.2) is 9.78 Å². The smallest absolute Gasteiger partial charge is 0.326 e. The van der Waals surface area contributed by atoms with Crippen LogP contribution in [0, 0.1) is 0 Å². The van der Waals surface area contributed by atoms with Gasteiger partial charge in [-0.1, -0.05) is 69.0 Å². The Hall–Kier alpha value is -2.35. The number of hydrogen-bond acceptors (Lipinski definition) is 3. The molecule has 0 saturated carbocycles. The van der Waals surface area contributed by atoms with Gasteiger partial charge < -0.3 is 5.32 Å². The molecule has 0 fully saturated rings. The number of carbonyl (C=O) groups is 1. The summed E-state index contributed by atoms with van der Waals surface area (Å²) in [7, 11) is 0. The van der Waals surface area contributed by atoms with Crippen LogP contribution in [0.1, 0.15) is 22.4 Å². The van der Waals surface area contributed by atoms with Crippen molar-refractivity contribution in [1.29, 1.82) is 0 Å². The molecule has 0 radical (unpaired) electrons. The molecule has 3 heterocycles. The zero-order valence-corrected chi connectivity index (χ0v) is 23.0. The van der Waals surface area contributed by atoms with Crippen LogP contribution in [-0.2, 0) is 19.5 Å². The molecule has 0 unspecified atom stereocenters. The van der Waals surface area contributed by atoms with Gasteiger partial charge >= 0.3 is 6.03 Å². The standard InChI is InChI=1S/C27H22BrCl3N4O/c28-19-4-6-24-20(14-19)21-16-34(10-1-2-17-3-5-22(29)23(30)12-17)11-8-25(21)35(24)27(36)33-15-18-7-9-32-26(31)13-18/h1-7,9,12-14H,8,10-11,15-16H2,(H,33,36). The molecule has 1 aliphatic rings. The second kappa shape index (κ2) is 11.0. The van der Waals surface area contributed by atoms with E-state index in [-0.39, 0.29) is 6.03 Å². The zero-order valence-electron chi connectivity index (χ0n) is 19.1. The molecule has 4 aromatic rings. The first-order chi connectivity index (χ1) is 17.4. The number of benzene rings is 2. The molecule has 1 N–H and O–H groups in total. The van der Waals surface area contributed by atoms with Gasteiger partial charge in [0.05, 0.1) is 15.6 Å². The van der Waals surface area contributed by atoms with E-state index in [0.29, 0.717) is 21.7 Å². The minimum Gasteiger partial charge on any atom is -0.333 e. The van der Waals surface area contributed by atoms with Gasteiger partial charge in [0.25, 0.3) is 0 Å². The number of pyridine rings is 1. The Morgan fingerprint density at radius 2 is 1.94 bits per heavy atom. The number of aromatic nitrogens is 2. The van der Waals surface area contributed by atoms with Crippen molar-refractivity contribution in [2.24, 2.45) is 0 Å². The topological polar surface area (TPSA) is 50.2 Å². The minimum absolute atomic E-state index is 0.149. The highest BCUT2D eigenvalue weighted by Crippen LogP contribution is 2.33. The number of rotatable bonds is 5. The third kappa shape index (κ3) is 5.48. The predicted molar refractivity (Wildman–Crippen MR) is 151 cm³/mol. The van der Waals surface area contributed by atoms with E-state index in [1.54, 1.807) is 18.3 Å². The highest BCUT2D eigenvalue weighted by Gasteiger charge is 2.26. The molecule has 0 saturated heterocycles. The normalized spacial score (nSPS) is 13.9. The quantitative estimate of drug-likeness (QED) is 0.239. The van der Waals surface area contributed by atoms with E-state index < -0.39 is 0 Å². The Morgan fingerprint density at radius 3 is 2.75 bits per heavy atom. The number of nitrogens with zero attached hydrogens (tertiary/aromatic N) is 3. The molecule has 184 valence electrons. The third-order valence-corrected chi connectivity index (χ3v) is 7.68. The SMILES string of the molecule is O=C(NCc1ccnc(Cl)c1)n1c2c(c3cc(Br)ccc31)CN(CC=Cc1ccc(Cl)c(Cl)c1)CC2. The highest BCUT2D eigenvalue weighted by molar-refractivity contribution is 9.10. The van der Waals surface area contributed by atoms with Crippen LogP contribution in [0.25, 0.3) is 17.0 Å². The van der Waals surface area contributed by atoms with Gasteiger partial charge in [0.15, 0.2) is 0 Å². The monoisotopic (exact) mass is 602 g/mol. The Labute approximate surface area is 232 Å². The van der Waals surface area contributed by atoms with Crippen molar-refractivity contribution in [3.63, 3.8) is 0 Å². The molecule has 1 aliphatic heterocycles. The average Bonchev–Trinajstić information content (AvgIpc) is 3.18. The molecular weight excluding hydrogens is 583 g/mol. The van der Waals surface area contributed by atoms with E-state index in [2.05, 4.69) is 49.3 Å². The van der Waals surface area contributed by atoms with Crippen molar-refractivity contribution in [1.82, 2.24) is 19.8 Å². The van der Waals surface area contributed by atoms with Gasteiger partial charge in [-0.2, -0.15) is 0 Å². The predicted octanol–water partition coefficient (Wildman–Crippen LogP) is 7.59. The maximum Gasteiger partial charge on any atom is 0.326 e. The first-order valence-electron chi connectivity index (χ1n) is 11.4. The molecule has 0 atom stereocenters. The summed E-state index contributed by atoms with van der Waals surface area (Å²) in [6.07, 6.45) is 6.60. The van der Waals surface area contributed by atoms with Crippen LogP contribution in [0.5, 0.6) is 0 Å². The largest absolute Gasteiger partial charge is 0.333 e. The number of carbonyl (C=O) groups excluding carboxylic acids is 1. The molecule has 0 spiro atoms. The van der Waals surface area contributed by atoms with E-state index in [4.69, 9.17) is 34.8 Å². The van der Waals surface area contributed by atoms with E-state index >= 15 is 0 Å². The number of fused-ring (bicyclic) bond motifs is 3. The second-order valence-electron chi connectivity index (χ2n) is 8.63. The van der Waals surface area contributed by atoms with Crippen molar-refractivity contribution >= 4 is 73.7 Å². The van der Waals surface area contributed by atoms with E-state index in [9.17, 15) is 4.79 Å². The van der Waals surface area contributed by atoms with Gasteiger partial charge in [0, 0.05) is 54.3 Å². The van der Waals surface area contributed by atoms with Crippen LogP contribution in [-0.4, -0.2) is 33.6 Å². The average molecular weight is 605 g/mol. The summed E-state index contributed by atoms with van der Waals surface area (Å²) in [5, 5.41) is 5.62. The van der Waals surface area contributed by atoms with Gasteiger partial charge in [0.1, 0.15) is 5.15 Å². The fraction of sp³-hybridized carbons (Fsp3) is 0.185. The number of nitrogens with one attached hydrogen (secondary N) is 1. The maximum absolute atomic E-state index is 13.3. The fourth-order valence-electron chi connectivity index (χ4n) is 4.54. The Balaban J connectivity index is 1.36. The lowest BCUT2D eigenvalue weighted by atomic mass is 10.0. The lowest BCUT2D eigenvalue weighted by Gasteiger charge is -2.27. The first kappa shape index (κ1) is 25.3. The third-order valence-electron chi connectivity index (χ3n) is 6.24. The van der Waals surface area contributed by atoms with Gasteiger partial charge in [-0.05, 0) is 59.2 Å². The highest BCUT2D eigenvalue weighted by atomic mass is 79.9. The Kier molecular flexibility index (Phi) is 7.70. The summed E-state index contributed by atoms with van der Waals surface area (Å²) in [4.78, 5) is 19.7. The lowest BCUT2D eigenvalue weighted by molar-refractivity contribution is 0.240. The van der Waals surface area contributed by atoms with E-state index in [1.165, 1.54) is 5.56 Å². The molecule has 0 aliphatic carbocycles. The van der Waals surface area contributed by atoms with Crippen LogP contribution in [0.15, 0.2) is 65.3 Å². The summed E-state index contributed by atoms with van der Waals surface area (Å²) in [5.74, 6) is 0. The van der Waals surface area contributed by atoms with Crippen molar-refractivity contribution in [3.8, 4) is 0 Å². The van der Waals surface area contributed by atoms with Gasteiger partial charge in [0.2, 0.25) is 0 Å². The summed E-state index contributed by atoms with van der Waals surface area (Å²) in [6, 6.07) is 15.1. The summed E-state index contributed by atoms with van der Waals surface area (Å²) >= 11 is 21.7. The van der Waals surface area contributed by atoms with Crippen LogP contribution < -0.4 is 5.32 Å². The van der Waals surface area contributed by atoms with Gasteiger partial charge in [-0.15, -0.1) is 0 Å². The molecule has 2 aromatic carbocycles. The molecule has 9 heteroatoms. The zero-order chi connectivity index (χ0) is 25.2. The first-order valence-corrected chi connectivity index (χ1v) is 13.4. The Morgan fingerprint density at radius 1 is 1.08 bits per heavy atom. The van der Waals surface area contributed by atoms with E-state index in [1.807, 2.05) is 34.9 Å². The molecule has 1 amide bonds. The number of amides is 1. The molecule has 5 nitrogen and oxygen atoms in total. The Bertz CT molecular complexity index is 1480. The molecule has 5 rings (SSSR count). The van der Waals surface area contributed by atoms with Crippen molar-refractivity contribution in [3.05, 3.63) is 103 Å². The molecule has 36 heavy (non-hydrogen) atoms.